The summed E-state index contributed by atoms with van der Waals surface area (Å²) in [4.78, 5) is 18.4. The molecule has 2 N–H and O–H groups in total. The van der Waals surface area contributed by atoms with Crippen LogP contribution in [0, 0.1) is 10.8 Å². The first-order valence-corrected chi connectivity index (χ1v) is 9.08. The number of piperazine rings is 1. The van der Waals surface area contributed by atoms with Crippen molar-refractivity contribution >= 4 is 28.6 Å². The normalized spacial score (nSPS) is 20.7. The third-order valence-electron chi connectivity index (χ3n) is 4.47. The maximum Gasteiger partial charge on any atom is 0.410 e. The minimum absolute atomic E-state index is 0.0559. The Morgan fingerprint density at radius 3 is 2.26 bits per heavy atom. The van der Waals surface area contributed by atoms with E-state index in [1.54, 1.807) is 4.90 Å². The molecule has 0 aliphatic carbocycles. The molecule has 2 aliphatic heterocycles. The average molecular weight is 341 g/mol. The minimum Gasteiger partial charge on any atom is -0.446 e. The molecule has 0 unspecified atom stereocenters. The SMILES string of the molecule is CC(C)N1CCN(C(=O)OC2CCN(C(=N)SC=N)CC2)CC1. The lowest BCUT2D eigenvalue weighted by Gasteiger charge is -2.38. The predicted molar refractivity (Wildman–Crippen MR) is 93.5 cm³/mol. The maximum absolute atomic E-state index is 12.3. The highest BCUT2D eigenvalue weighted by Crippen LogP contribution is 2.18. The highest BCUT2D eigenvalue weighted by Gasteiger charge is 2.28. The molecule has 0 atom stereocenters. The Morgan fingerprint density at radius 1 is 1.13 bits per heavy atom. The van der Waals surface area contributed by atoms with E-state index in [2.05, 4.69) is 18.7 Å². The van der Waals surface area contributed by atoms with Gasteiger partial charge in [0, 0.05) is 58.2 Å². The Hall–Kier alpha value is -1.28. The van der Waals surface area contributed by atoms with Gasteiger partial charge < -0.3 is 19.9 Å². The van der Waals surface area contributed by atoms with Crippen LogP contribution in [0.3, 0.4) is 0 Å². The molecule has 0 aromatic heterocycles. The van der Waals surface area contributed by atoms with E-state index < -0.39 is 0 Å². The zero-order chi connectivity index (χ0) is 16.8. The molecule has 0 bridgehead atoms. The molecule has 7 nitrogen and oxygen atoms in total. The summed E-state index contributed by atoms with van der Waals surface area (Å²) in [6, 6.07) is 0.520. The zero-order valence-electron chi connectivity index (χ0n) is 14.0. The van der Waals surface area contributed by atoms with Gasteiger partial charge in [0.05, 0.1) is 5.55 Å². The number of hydrogen-bond donors (Lipinski definition) is 2. The fraction of sp³-hybridized carbons (Fsp3) is 0.800. The first-order valence-electron chi connectivity index (χ1n) is 8.20. The Labute approximate surface area is 142 Å². The van der Waals surface area contributed by atoms with E-state index in [0.717, 1.165) is 50.8 Å². The number of amides is 1. The largest absolute Gasteiger partial charge is 0.446 e. The van der Waals surface area contributed by atoms with Gasteiger partial charge in [-0.25, -0.2) is 4.79 Å². The highest BCUT2D eigenvalue weighted by molar-refractivity contribution is 8.24. The van der Waals surface area contributed by atoms with E-state index in [0.29, 0.717) is 24.3 Å². The number of hydrogen-bond acceptors (Lipinski definition) is 6. The van der Waals surface area contributed by atoms with Crippen LogP contribution >= 0.6 is 11.8 Å². The van der Waals surface area contributed by atoms with Gasteiger partial charge in [0.1, 0.15) is 6.10 Å². The highest BCUT2D eigenvalue weighted by atomic mass is 32.2. The number of nitrogens with zero attached hydrogens (tertiary/aromatic N) is 3. The van der Waals surface area contributed by atoms with E-state index in [4.69, 9.17) is 15.6 Å². The van der Waals surface area contributed by atoms with Gasteiger partial charge in [-0.2, -0.15) is 0 Å². The summed E-state index contributed by atoms with van der Waals surface area (Å²) in [6.45, 7) is 9.04. The first-order chi connectivity index (χ1) is 11.0. The fourth-order valence-corrected chi connectivity index (χ4v) is 3.39. The Kier molecular flexibility index (Phi) is 6.71. The van der Waals surface area contributed by atoms with Crippen molar-refractivity contribution in [1.29, 1.82) is 10.8 Å². The molecule has 1 amide bonds. The molecule has 2 aliphatic rings. The topological polar surface area (TPSA) is 83.7 Å². The van der Waals surface area contributed by atoms with Crippen molar-refractivity contribution in [3.8, 4) is 0 Å². The summed E-state index contributed by atoms with van der Waals surface area (Å²) < 4.78 is 5.63. The molecule has 0 aromatic rings. The monoisotopic (exact) mass is 341 g/mol. The van der Waals surface area contributed by atoms with Gasteiger partial charge in [-0.1, -0.05) is 0 Å². The number of thioether (sulfide) groups is 1. The number of nitrogens with one attached hydrogen (secondary N) is 2. The van der Waals surface area contributed by atoms with Crippen LogP contribution in [-0.4, -0.2) is 82.9 Å². The van der Waals surface area contributed by atoms with E-state index >= 15 is 0 Å². The number of piperidine rings is 1. The van der Waals surface area contributed by atoms with Crippen molar-refractivity contribution in [2.75, 3.05) is 39.3 Å². The van der Waals surface area contributed by atoms with E-state index in [1.165, 1.54) is 5.55 Å². The summed E-state index contributed by atoms with van der Waals surface area (Å²) in [5.41, 5.74) is 1.17. The van der Waals surface area contributed by atoms with Gasteiger partial charge in [-0.15, -0.1) is 0 Å². The molecule has 8 heteroatoms. The standard InChI is InChI=1S/C15H27N5O2S/c1-12(2)18-7-9-20(10-8-18)15(21)22-13-3-5-19(6-4-13)14(17)23-11-16/h11-13,16-17H,3-10H2,1-2H3. The predicted octanol–water partition coefficient (Wildman–Crippen LogP) is 1.89. The Balaban J connectivity index is 1.71. The maximum atomic E-state index is 12.3. The zero-order valence-corrected chi connectivity index (χ0v) is 14.8. The van der Waals surface area contributed by atoms with Crippen LogP contribution in [0.1, 0.15) is 26.7 Å². The molecule has 0 radical (unpaired) electrons. The van der Waals surface area contributed by atoms with Crippen LogP contribution in [-0.2, 0) is 4.74 Å². The smallest absolute Gasteiger partial charge is 0.410 e. The van der Waals surface area contributed by atoms with Crippen LogP contribution in [0.4, 0.5) is 4.79 Å². The second-order valence-corrected chi connectivity index (χ2v) is 7.09. The molecule has 23 heavy (non-hydrogen) atoms. The summed E-state index contributed by atoms with van der Waals surface area (Å²) >= 11 is 1.11. The van der Waals surface area contributed by atoms with Gasteiger partial charge in [0.2, 0.25) is 0 Å². The third-order valence-corrected chi connectivity index (χ3v) is 5.07. The number of amidine groups is 1. The fourth-order valence-electron chi connectivity index (χ4n) is 2.95. The number of carbonyl (C=O) groups is 1. The first kappa shape index (κ1) is 18.1. The van der Waals surface area contributed by atoms with Crippen LogP contribution in [0.25, 0.3) is 0 Å². The molecule has 0 spiro atoms. The molecule has 2 heterocycles. The van der Waals surface area contributed by atoms with E-state index in [9.17, 15) is 4.79 Å². The Morgan fingerprint density at radius 2 is 1.74 bits per heavy atom. The number of carbonyl (C=O) groups excluding carboxylic acids is 1. The van der Waals surface area contributed by atoms with Gasteiger partial charge in [-0.05, 0) is 25.6 Å². The van der Waals surface area contributed by atoms with E-state index in [-0.39, 0.29) is 12.2 Å². The quantitative estimate of drug-likeness (QED) is 0.605. The number of rotatable bonds is 3. The van der Waals surface area contributed by atoms with Crippen LogP contribution in [0.5, 0.6) is 0 Å². The van der Waals surface area contributed by atoms with E-state index in [1.807, 2.05) is 4.90 Å². The second-order valence-electron chi connectivity index (χ2n) is 6.23. The summed E-state index contributed by atoms with van der Waals surface area (Å²) in [7, 11) is 0. The van der Waals surface area contributed by atoms with Crippen molar-refractivity contribution in [2.45, 2.75) is 38.8 Å². The molecule has 0 aromatic carbocycles. The van der Waals surface area contributed by atoms with Crippen molar-refractivity contribution in [3.05, 3.63) is 0 Å². The van der Waals surface area contributed by atoms with Gasteiger partial charge in [0.25, 0.3) is 0 Å². The average Bonchev–Trinajstić information content (AvgIpc) is 2.55. The molecular formula is C15H27N5O2S. The summed E-state index contributed by atoms with van der Waals surface area (Å²) in [6.07, 6.45) is 1.24. The molecule has 2 fully saturated rings. The molecule has 0 saturated carbocycles. The molecule has 2 saturated heterocycles. The van der Waals surface area contributed by atoms with Gasteiger partial charge >= 0.3 is 6.09 Å². The lowest BCUT2D eigenvalue weighted by atomic mass is 10.1. The van der Waals surface area contributed by atoms with Crippen LogP contribution in [0.2, 0.25) is 0 Å². The molecular weight excluding hydrogens is 314 g/mol. The van der Waals surface area contributed by atoms with Crippen molar-refractivity contribution in [3.63, 3.8) is 0 Å². The van der Waals surface area contributed by atoms with Crippen molar-refractivity contribution in [2.24, 2.45) is 0 Å². The lowest BCUT2D eigenvalue weighted by Crippen LogP contribution is -2.51. The number of ether oxygens (including phenoxy) is 1. The van der Waals surface area contributed by atoms with Gasteiger partial charge in [-0.3, -0.25) is 10.3 Å². The molecule has 130 valence electrons. The van der Waals surface area contributed by atoms with Crippen LogP contribution in [0.15, 0.2) is 0 Å². The third kappa shape index (κ3) is 5.10. The number of likely N-dealkylation sites (tertiary alicyclic amines) is 1. The Bertz CT molecular complexity index is 430. The van der Waals surface area contributed by atoms with Gasteiger partial charge in [0.15, 0.2) is 5.17 Å². The minimum atomic E-state index is -0.198. The second kappa shape index (κ2) is 8.54. The summed E-state index contributed by atoms with van der Waals surface area (Å²) in [5, 5.41) is 15.2. The molecule has 2 rings (SSSR count). The van der Waals surface area contributed by atoms with Crippen LogP contribution < -0.4 is 0 Å². The van der Waals surface area contributed by atoms with Crippen molar-refractivity contribution in [1.82, 2.24) is 14.7 Å². The summed E-state index contributed by atoms with van der Waals surface area (Å²) in [5.74, 6) is 0. The van der Waals surface area contributed by atoms with Crippen molar-refractivity contribution < 1.29 is 9.53 Å². The lowest BCUT2D eigenvalue weighted by molar-refractivity contribution is 0.0244.